The molecule has 6 aliphatic carbocycles. The number of hydrogen-bond acceptors (Lipinski definition) is 8. The van der Waals surface area contributed by atoms with Crippen LogP contribution in [0.4, 0.5) is 13.2 Å². The van der Waals surface area contributed by atoms with Crippen molar-refractivity contribution in [3.63, 3.8) is 0 Å². The number of Topliss-reactive ketones (excluding diaryl/α,β-unsaturated/α-hetero) is 1. The first kappa shape index (κ1) is 42.9. The standard InChI is InChI=1S/C49H56F3NO8/c1-44-17-14-34(54)26-46(44)20-21-48(36(27-46)43(56)31-8-7-9-33(24-31)49(50,51)52)40(44)15-18-45(2)41(48)16-19-47(45,57)29-53(28-32-11-12-35(58-3)25-38(32)60-5)42(55)23-30-10-13-37(59-4)39(22-30)61-6/h7-13,20-22,24-25,27,34,40-41,54,57H,14-19,23,26,28-29H2,1-6H3. The molecule has 8 atom stereocenters. The number of amides is 1. The molecule has 9 nitrogen and oxygen atoms in total. The van der Waals surface area contributed by atoms with Crippen molar-refractivity contribution in [2.75, 3.05) is 35.0 Å². The van der Waals surface area contributed by atoms with Gasteiger partial charge < -0.3 is 34.1 Å². The lowest BCUT2D eigenvalue weighted by atomic mass is 9.32. The van der Waals surface area contributed by atoms with E-state index >= 15 is 0 Å². The predicted octanol–water partition coefficient (Wildman–Crippen LogP) is 8.79. The number of aliphatic hydroxyl groups excluding tert-OH is 1. The van der Waals surface area contributed by atoms with Crippen molar-refractivity contribution in [1.82, 2.24) is 4.90 Å². The fourth-order valence-corrected chi connectivity index (χ4v) is 12.6. The van der Waals surface area contributed by atoms with E-state index in [-0.39, 0.29) is 48.2 Å². The van der Waals surface area contributed by atoms with Crippen LogP contribution < -0.4 is 18.9 Å². The molecule has 326 valence electrons. The first-order valence-corrected chi connectivity index (χ1v) is 21.2. The van der Waals surface area contributed by atoms with Gasteiger partial charge in [0.1, 0.15) is 11.5 Å². The maximum atomic E-state index is 15.0. The Morgan fingerprint density at radius 3 is 2.21 bits per heavy atom. The number of methoxy groups -OCH3 is 4. The van der Waals surface area contributed by atoms with Gasteiger partial charge in [-0.3, -0.25) is 9.59 Å². The minimum Gasteiger partial charge on any atom is -0.497 e. The number of fused-ring (bicyclic) bond motifs is 1. The van der Waals surface area contributed by atoms with Crippen LogP contribution in [0.1, 0.15) is 85.8 Å². The minimum atomic E-state index is -4.63. The summed E-state index contributed by atoms with van der Waals surface area (Å²) in [6.45, 7) is 4.44. The number of carbonyl (C=O) groups excluding carboxylic acids is 2. The summed E-state index contributed by atoms with van der Waals surface area (Å²) in [5.41, 5.74) is -3.20. The lowest BCUT2D eigenvalue weighted by Gasteiger charge is -2.71. The van der Waals surface area contributed by atoms with E-state index in [4.69, 9.17) is 18.9 Å². The molecule has 3 saturated carbocycles. The molecule has 2 bridgehead atoms. The number of benzene rings is 3. The second kappa shape index (κ2) is 15.2. The molecule has 0 heterocycles. The van der Waals surface area contributed by atoms with Crippen molar-refractivity contribution in [3.05, 3.63) is 107 Å². The van der Waals surface area contributed by atoms with Crippen molar-refractivity contribution in [1.29, 1.82) is 0 Å². The number of aliphatic hydroxyl groups is 2. The second-order valence-corrected chi connectivity index (χ2v) is 18.5. The van der Waals surface area contributed by atoms with Crippen LogP contribution in [0.25, 0.3) is 0 Å². The van der Waals surface area contributed by atoms with E-state index in [2.05, 4.69) is 26.0 Å². The van der Waals surface area contributed by atoms with Gasteiger partial charge in [0.15, 0.2) is 17.3 Å². The third kappa shape index (κ3) is 6.65. The molecule has 1 amide bonds. The summed E-state index contributed by atoms with van der Waals surface area (Å²) in [6.07, 6.45) is 4.95. The van der Waals surface area contributed by atoms with Crippen LogP contribution in [0.2, 0.25) is 0 Å². The Labute approximate surface area is 355 Å². The summed E-state index contributed by atoms with van der Waals surface area (Å²) in [7, 11) is 6.19. The number of ketones is 1. The fraction of sp³-hybridized carbons (Fsp3) is 0.510. The zero-order chi connectivity index (χ0) is 43.8. The number of nitrogens with zero attached hydrogens (tertiary/aromatic N) is 1. The molecule has 2 N–H and O–H groups in total. The average Bonchev–Trinajstić information content (AvgIpc) is 3.52. The molecule has 0 aliphatic heterocycles. The first-order chi connectivity index (χ1) is 28.9. The molecule has 0 saturated heterocycles. The highest BCUT2D eigenvalue weighted by Crippen LogP contribution is 2.78. The Kier molecular flexibility index (Phi) is 10.7. The molecule has 3 aromatic rings. The van der Waals surface area contributed by atoms with Crippen molar-refractivity contribution >= 4 is 11.7 Å². The number of alkyl halides is 3. The van der Waals surface area contributed by atoms with Crippen LogP contribution in [0, 0.1) is 33.5 Å². The molecular formula is C49H56F3NO8. The van der Waals surface area contributed by atoms with Gasteiger partial charge in [-0.25, -0.2) is 0 Å². The number of hydrogen-bond donors (Lipinski definition) is 2. The van der Waals surface area contributed by atoms with E-state index in [1.54, 1.807) is 50.5 Å². The monoisotopic (exact) mass is 843 g/mol. The summed E-state index contributed by atoms with van der Waals surface area (Å²) >= 11 is 0. The van der Waals surface area contributed by atoms with Crippen molar-refractivity contribution in [2.45, 2.75) is 89.6 Å². The van der Waals surface area contributed by atoms with Gasteiger partial charge in [0.2, 0.25) is 5.91 Å². The Balaban J connectivity index is 1.20. The van der Waals surface area contributed by atoms with Gasteiger partial charge in [0.25, 0.3) is 0 Å². The number of allylic oxidation sites excluding steroid dienone is 4. The zero-order valence-corrected chi connectivity index (χ0v) is 35.7. The van der Waals surface area contributed by atoms with Gasteiger partial charge in [-0.05, 0) is 104 Å². The minimum absolute atomic E-state index is 0.00840. The second-order valence-electron chi connectivity index (χ2n) is 18.5. The van der Waals surface area contributed by atoms with E-state index in [9.17, 15) is 33.0 Å². The molecule has 9 rings (SSSR count). The van der Waals surface area contributed by atoms with Crippen molar-refractivity contribution in [2.24, 2.45) is 33.5 Å². The molecule has 12 heteroatoms. The third-order valence-corrected chi connectivity index (χ3v) is 15.9. The number of halogens is 3. The van der Waals surface area contributed by atoms with Crippen molar-refractivity contribution in [3.8, 4) is 23.0 Å². The zero-order valence-electron chi connectivity index (χ0n) is 35.7. The first-order valence-electron chi connectivity index (χ1n) is 21.2. The molecule has 0 radical (unpaired) electrons. The fourth-order valence-electron chi connectivity index (χ4n) is 12.6. The largest absolute Gasteiger partial charge is 0.497 e. The molecule has 3 aromatic carbocycles. The molecule has 6 aliphatic rings. The summed E-state index contributed by atoms with van der Waals surface area (Å²) in [5, 5.41) is 24.4. The van der Waals surface area contributed by atoms with Crippen LogP contribution in [-0.4, -0.2) is 73.5 Å². The van der Waals surface area contributed by atoms with Crippen LogP contribution in [-0.2, 0) is 23.9 Å². The average molecular weight is 844 g/mol. The van der Waals surface area contributed by atoms with Gasteiger partial charge in [0, 0.05) is 45.6 Å². The summed E-state index contributed by atoms with van der Waals surface area (Å²) < 4.78 is 64.3. The van der Waals surface area contributed by atoms with Gasteiger partial charge in [-0.2, -0.15) is 13.2 Å². The highest BCUT2D eigenvalue weighted by molar-refractivity contribution is 6.10. The topological polar surface area (TPSA) is 115 Å². The Morgan fingerprint density at radius 1 is 0.803 bits per heavy atom. The van der Waals surface area contributed by atoms with E-state index in [1.165, 1.54) is 19.2 Å². The van der Waals surface area contributed by atoms with Gasteiger partial charge in [-0.15, -0.1) is 0 Å². The molecule has 8 unspecified atom stereocenters. The highest BCUT2D eigenvalue weighted by Gasteiger charge is 2.74. The van der Waals surface area contributed by atoms with Crippen LogP contribution in [0.5, 0.6) is 23.0 Å². The molecule has 61 heavy (non-hydrogen) atoms. The number of ether oxygens (including phenoxy) is 4. The van der Waals surface area contributed by atoms with Gasteiger partial charge in [0.05, 0.1) is 58.7 Å². The molecule has 2 spiro atoms. The van der Waals surface area contributed by atoms with E-state index < -0.39 is 45.5 Å². The molecular weight excluding hydrogens is 788 g/mol. The van der Waals surface area contributed by atoms with Crippen LogP contribution in [0.3, 0.4) is 0 Å². The van der Waals surface area contributed by atoms with Gasteiger partial charge in [-0.1, -0.05) is 50.3 Å². The summed E-state index contributed by atoms with van der Waals surface area (Å²) in [4.78, 5) is 31.3. The van der Waals surface area contributed by atoms with E-state index in [0.29, 0.717) is 72.7 Å². The number of carbonyl (C=O) groups is 2. The Bertz CT molecular complexity index is 2290. The molecule has 0 aromatic heterocycles. The lowest BCUT2D eigenvalue weighted by Crippen LogP contribution is -2.67. The molecule has 3 fully saturated rings. The van der Waals surface area contributed by atoms with Crippen LogP contribution in [0.15, 0.2) is 84.5 Å². The maximum Gasteiger partial charge on any atom is 0.416 e. The summed E-state index contributed by atoms with van der Waals surface area (Å²) in [6, 6.07) is 15.4. The van der Waals surface area contributed by atoms with E-state index in [0.717, 1.165) is 24.1 Å². The third-order valence-electron chi connectivity index (χ3n) is 15.9. The maximum absolute atomic E-state index is 15.0. The normalized spacial score (nSPS) is 32.2. The van der Waals surface area contributed by atoms with E-state index in [1.807, 2.05) is 18.2 Å². The predicted molar refractivity (Wildman–Crippen MR) is 223 cm³/mol. The SMILES string of the molecule is COc1ccc(CN(CC2(O)CCC3C45C=CC6(C=C4C(=O)c4cccc(C(F)(F)F)c4)CC(O)CCC6(C)C5CCC32C)C(=O)Cc2ccc(OC)c(OC)c2)c(OC)c1. The van der Waals surface area contributed by atoms with Crippen molar-refractivity contribution < 1.29 is 51.9 Å². The Hall–Kier alpha value is -4.81. The number of rotatable bonds is 12. The quantitative estimate of drug-likeness (QED) is 0.138. The van der Waals surface area contributed by atoms with Crippen LogP contribution >= 0.6 is 0 Å². The highest BCUT2D eigenvalue weighted by atomic mass is 19.4. The van der Waals surface area contributed by atoms with Gasteiger partial charge >= 0.3 is 6.18 Å². The summed E-state index contributed by atoms with van der Waals surface area (Å²) in [5.74, 6) is 1.08. The Morgan fingerprint density at radius 2 is 1.51 bits per heavy atom. The lowest BCUT2D eigenvalue weighted by molar-refractivity contribution is -0.178. The smallest absolute Gasteiger partial charge is 0.416 e.